The number of anilines is 1. The van der Waals surface area contributed by atoms with E-state index in [-0.39, 0.29) is 17.9 Å². The van der Waals surface area contributed by atoms with Gasteiger partial charge in [0.1, 0.15) is 30.5 Å². The van der Waals surface area contributed by atoms with Crippen LogP contribution in [0.3, 0.4) is 0 Å². The number of ether oxygens (including phenoxy) is 2. The van der Waals surface area contributed by atoms with Gasteiger partial charge in [0.25, 0.3) is 0 Å². The zero-order chi connectivity index (χ0) is 24.0. The highest BCUT2D eigenvalue weighted by atomic mass is 35.5. The Morgan fingerprint density at radius 2 is 2.03 bits per heavy atom. The fourth-order valence-corrected chi connectivity index (χ4v) is 4.93. The van der Waals surface area contributed by atoms with E-state index < -0.39 is 38.5 Å². The number of aromatic nitrogens is 4. The Balaban J connectivity index is 1.39. The number of benzene rings is 1. The first-order valence-electron chi connectivity index (χ1n) is 10.6. The van der Waals surface area contributed by atoms with E-state index in [1.807, 2.05) is 12.1 Å². The number of aliphatic hydroxyl groups is 2. The standard InChI is InChI=1S/C20H23ClN5O7P/c21-20-24-17(23-13-6-5-10-3-1-2-4-11(10)13)12-7-22-26(18(12)25-20)19-16(28)15(27)14(33-19)8-32-9-34(29,30)31/h1-4,7,13-16,19,27-28H,5-6,8-9H2,(H,23,24,25)(H2,29,30,31)/t13-,14+,15+,16+,19+/m0/s1. The van der Waals surface area contributed by atoms with E-state index in [0.717, 1.165) is 12.8 Å². The van der Waals surface area contributed by atoms with Crippen LogP contribution in [0, 0.1) is 0 Å². The van der Waals surface area contributed by atoms with Crippen LogP contribution in [0.1, 0.15) is 29.8 Å². The summed E-state index contributed by atoms with van der Waals surface area (Å²) in [7, 11) is -4.38. The Labute approximate surface area is 198 Å². The normalized spacial score (nSPS) is 26.8. The second kappa shape index (κ2) is 9.14. The van der Waals surface area contributed by atoms with Crippen LogP contribution in [0.5, 0.6) is 0 Å². The molecule has 34 heavy (non-hydrogen) atoms. The van der Waals surface area contributed by atoms with Crippen molar-refractivity contribution in [3.8, 4) is 0 Å². The summed E-state index contributed by atoms with van der Waals surface area (Å²) in [5.41, 5.74) is 2.76. The van der Waals surface area contributed by atoms with Crippen molar-refractivity contribution in [2.24, 2.45) is 0 Å². The maximum absolute atomic E-state index is 11.0. The molecule has 2 aliphatic rings. The van der Waals surface area contributed by atoms with Crippen LogP contribution in [0.25, 0.3) is 11.0 Å². The minimum absolute atomic E-state index is 0.0300. The molecule has 0 spiro atoms. The van der Waals surface area contributed by atoms with Crippen LogP contribution in [-0.4, -0.2) is 71.0 Å². The predicted octanol–water partition coefficient (Wildman–Crippen LogP) is 1.35. The molecule has 3 aromatic rings. The molecule has 0 saturated carbocycles. The summed E-state index contributed by atoms with van der Waals surface area (Å²) in [5, 5.41) is 29.2. The SMILES string of the molecule is O=P(O)(O)COC[C@H]1O[C@@H](n2ncc3c(N[C@H]4CCc5ccccc54)nc(Cl)nc32)[C@H](O)[C@@H]1O. The van der Waals surface area contributed by atoms with Gasteiger partial charge in [0, 0.05) is 0 Å². The second-order valence-electron chi connectivity index (χ2n) is 8.31. The van der Waals surface area contributed by atoms with E-state index in [2.05, 4.69) is 32.5 Å². The summed E-state index contributed by atoms with van der Waals surface area (Å²) in [4.78, 5) is 26.4. The van der Waals surface area contributed by atoms with Gasteiger partial charge in [0.2, 0.25) is 5.28 Å². The number of halogens is 1. The minimum atomic E-state index is -4.38. The lowest BCUT2D eigenvalue weighted by atomic mass is 10.1. The number of rotatable bonds is 7. The first kappa shape index (κ1) is 23.6. The van der Waals surface area contributed by atoms with Gasteiger partial charge in [-0.2, -0.15) is 15.1 Å². The zero-order valence-corrected chi connectivity index (χ0v) is 19.4. The maximum Gasteiger partial charge on any atom is 0.350 e. The predicted molar refractivity (Wildman–Crippen MR) is 120 cm³/mol. The molecular formula is C20H23ClN5O7P. The highest BCUT2D eigenvalue weighted by molar-refractivity contribution is 7.51. The molecule has 5 atom stereocenters. The van der Waals surface area contributed by atoms with E-state index in [1.165, 1.54) is 22.0 Å². The lowest BCUT2D eigenvalue weighted by molar-refractivity contribution is -0.0658. The Kier molecular flexibility index (Phi) is 6.34. The summed E-state index contributed by atoms with van der Waals surface area (Å²) in [6.45, 7) is -0.331. The Morgan fingerprint density at radius 1 is 1.24 bits per heavy atom. The summed E-state index contributed by atoms with van der Waals surface area (Å²) in [6.07, 6.45) is -2.38. The summed E-state index contributed by atoms with van der Waals surface area (Å²) < 4.78 is 22.9. The fraction of sp³-hybridized carbons (Fsp3) is 0.450. The number of nitrogens with zero attached hydrogens (tertiary/aromatic N) is 4. The lowest BCUT2D eigenvalue weighted by Crippen LogP contribution is -2.34. The number of fused-ring (bicyclic) bond motifs is 2. The number of aliphatic hydroxyl groups excluding tert-OH is 2. The smallest absolute Gasteiger partial charge is 0.350 e. The van der Waals surface area contributed by atoms with E-state index in [1.54, 1.807) is 0 Å². The molecule has 5 rings (SSSR count). The van der Waals surface area contributed by atoms with E-state index in [4.69, 9.17) is 30.9 Å². The molecule has 1 aliphatic carbocycles. The molecule has 3 heterocycles. The average Bonchev–Trinajstić information content (AvgIpc) is 3.45. The molecule has 0 bridgehead atoms. The largest absolute Gasteiger partial charge is 0.387 e. The Hall–Kier alpha value is -2.15. The maximum atomic E-state index is 11.0. The van der Waals surface area contributed by atoms with Crippen molar-refractivity contribution in [3.05, 3.63) is 46.9 Å². The average molecular weight is 512 g/mol. The van der Waals surface area contributed by atoms with E-state index in [0.29, 0.717) is 16.9 Å². The van der Waals surface area contributed by atoms with Crippen LogP contribution in [0.2, 0.25) is 5.28 Å². The third-order valence-corrected chi connectivity index (χ3v) is 6.68. The van der Waals surface area contributed by atoms with Crippen molar-refractivity contribution in [2.45, 2.75) is 43.4 Å². The molecule has 1 saturated heterocycles. The first-order chi connectivity index (χ1) is 16.2. The van der Waals surface area contributed by atoms with Crippen LogP contribution in [0.15, 0.2) is 30.5 Å². The molecule has 2 aromatic heterocycles. The van der Waals surface area contributed by atoms with Gasteiger partial charge in [-0.1, -0.05) is 24.3 Å². The molecule has 0 radical (unpaired) electrons. The van der Waals surface area contributed by atoms with Crippen LogP contribution < -0.4 is 5.32 Å². The quantitative estimate of drug-likeness (QED) is 0.229. The summed E-state index contributed by atoms with van der Waals surface area (Å²) in [6, 6.07) is 8.21. The van der Waals surface area contributed by atoms with E-state index >= 15 is 0 Å². The van der Waals surface area contributed by atoms with Gasteiger partial charge < -0.3 is 34.8 Å². The topological polar surface area (TPSA) is 172 Å². The molecule has 5 N–H and O–H groups in total. The molecule has 1 aromatic carbocycles. The van der Waals surface area contributed by atoms with Crippen molar-refractivity contribution in [1.82, 2.24) is 19.7 Å². The second-order valence-corrected chi connectivity index (χ2v) is 10.2. The van der Waals surface area contributed by atoms with Crippen LogP contribution in [-0.2, 0) is 20.5 Å². The van der Waals surface area contributed by atoms with E-state index in [9.17, 15) is 14.8 Å². The third kappa shape index (κ3) is 4.56. The van der Waals surface area contributed by atoms with Gasteiger partial charge in [-0.15, -0.1) is 0 Å². The summed E-state index contributed by atoms with van der Waals surface area (Å²) >= 11 is 6.20. The van der Waals surface area contributed by atoms with Gasteiger partial charge in [0.05, 0.1) is 24.2 Å². The third-order valence-electron chi connectivity index (χ3n) is 5.99. The van der Waals surface area contributed by atoms with Gasteiger partial charge in [-0.25, -0.2) is 4.68 Å². The van der Waals surface area contributed by atoms with Crippen molar-refractivity contribution < 1.29 is 34.0 Å². The van der Waals surface area contributed by atoms with Gasteiger partial charge in [-0.05, 0) is 35.6 Å². The fourth-order valence-electron chi connectivity index (χ4n) is 4.42. The van der Waals surface area contributed by atoms with Crippen LogP contribution >= 0.6 is 19.2 Å². The van der Waals surface area contributed by atoms with Crippen molar-refractivity contribution in [1.29, 1.82) is 0 Å². The highest BCUT2D eigenvalue weighted by Gasteiger charge is 2.45. The molecule has 0 amide bonds. The molecule has 12 nitrogen and oxygen atoms in total. The Morgan fingerprint density at radius 3 is 2.82 bits per heavy atom. The molecule has 0 unspecified atom stereocenters. The number of hydrogen-bond acceptors (Lipinski definition) is 9. The minimum Gasteiger partial charge on any atom is -0.387 e. The molecule has 182 valence electrons. The zero-order valence-electron chi connectivity index (χ0n) is 17.7. The first-order valence-corrected chi connectivity index (χ1v) is 12.8. The highest BCUT2D eigenvalue weighted by Crippen LogP contribution is 2.38. The molecule has 1 fully saturated rings. The van der Waals surface area contributed by atoms with Gasteiger partial charge in [0.15, 0.2) is 11.9 Å². The molecule has 1 aliphatic heterocycles. The number of aryl methyl sites for hydroxylation is 1. The van der Waals surface area contributed by atoms with Gasteiger partial charge >= 0.3 is 7.60 Å². The Bertz CT molecular complexity index is 1250. The lowest BCUT2D eigenvalue weighted by Gasteiger charge is -2.17. The van der Waals surface area contributed by atoms with Crippen molar-refractivity contribution >= 4 is 36.0 Å². The molecular weight excluding hydrogens is 489 g/mol. The van der Waals surface area contributed by atoms with Gasteiger partial charge in [-0.3, -0.25) is 4.57 Å². The van der Waals surface area contributed by atoms with Crippen molar-refractivity contribution in [3.63, 3.8) is 0 Å². The van der Waals surface area contributed by atoms with Crippen molar-refractivity contribution in [2.75, 3.05) is 18.3 Å². The molecule has 14 heteroatoms. The van der Waals surface area contributed by atoms with Crippen LogP contribution in [0.4, 0.5) is 5.82 Å². The number of hydrogen-bond donors (Lipinski definition) is 5. The monoisotopic (exact) mass is 511 g/mol. The summed E-state index contributed by atoms with van der Waals surface area (Å²) in [5.74, 6) is 0.484. The number of nitrogens with one attached hydrogen (secondary N) is 1.